The molecule has 0 aliphatic heterocycles. The maximum atomic E-state index is 6.12. The first kappa shape index (κ1) is 17.9. The summed E-state index contributed by atoms with van der Waals surface area (Å²) < 4.78 is 2.06. The van der Waals surface area contributed by atoms with Crippen LogP contribution in [0.15, 0.2) is 34.6 Å². The molecule has 1 aromatic carbocycles. The SMILES string of the molecule is Nc1ncnc2c1nc(Sc1cc(Cl)cc(Cl)c1)n2CCNCC1CC1. The lowest BCUT2D eigenvalue weighted by Gasteiger charge is -2.09. The van der Waals surface area contributed by atoms with Gasteiger partial charge in [-0.3, -0.25) is 0 Å². The molecule has 2 aromatic heterocycles. The molecule has 0 amide bonds. The van der Waals surface area contributed by atoms with Crippen LogP contribution in [0.2, 0.25) is 10.0 Å². The van der Waals surface area contributed by atoms with E-state index in [1.54, 1.807) is 6.07 Å². The number of imidazole rings is 1. The van der Waals surface area contributed by atoms with Gasteiger partial charge in [0.25, 0.3) is 0 Å². The molecule has 4 rings (SSSR count). The number of aromatic nitrogens is 4. The molecule has 3 aromatic rings. The molecule has 3 N–H and O–H groups in total. The maximum absolute atomic E-state index is 6.12. The zero-order valence-electron chi connectivity index (χ0n) is 14.0. The van der Waals surface area contributed by atoms with Crippen LogP contribution in [0, 0.1) is 5.92 Å². The molecule has 0 saturated heterocycles. The summed E-state index contributed by atoms with van der Waals surface area (Å²) in [5.41, 5.74) is 7.34. The summed E-state index contributed by atoms with van der Waals surface area (Å²) in [5.74, 6) is 1.22. The number of benzene rings is 1. The fourth-order valence-corrected chi connectivity index (χ4v) is 4.39. The topological polar surface area (TPSA) is 81.7 Å². The van der Waals surface area contributed by atoms with Gasteiger partial charge in [-0.2, -0.15) is 0 Å². The maximum Gasteiger partial charge on any atom is 0.175 e. The summed E-state index contributed by atoms with van der Waals surface area (Å²) in [5, 5.41) is 5.47. The van der Waals surface area contributed by atoms with Crippen molar-refractivity contribution in [1.82, 2.24) is 24.8 Å². The van der Waals surface area contributed by atoms with Crippen LogP contribution >= 0.6 is 35.0 Å². The first-order chi connectivity index (χ1) is 12.6. The molecule has 136 valence electrons. The molecule has 2 heterocycles. The highest BCUT2D eigenvalue weighted by atomic mass is 35.5. The number of rotatable bonds is 7. The number of halogens is 2. The average Bonchev–Trinajstić information content (AvgIpc) is 3.34. The van der Waals surface area contributed by atoms with Gasteiger partial charge in [-0.25, -0.2) is 15.0 Å². The molecule has 0 atom stereocenters. The Morgan fingerprint density at radius 2 is 1.96 bits per heavy atom. The highest BCUT2D eigenvalue weighted by molar-refractivity contribution is 7.99. The van der Waals surface area contributed by atoms with Crippen LogP contribution in [0.4, 0.5) is 5.82 Å². The van der Waals surface area contributed by atoms with Crippen LogP contribution in [0.3, 0.4) is 0 Å². The van der Waals surface area contributed by atoms with E-state index in [0.29, 0.717) is 21.4 Å². The third-order valence-corrected chi connectivity index (χ3v) is 5.61. The van der Waals surface area contributed by atoms with Gasteiger partial charge in [0.15, 0.2) is 22.1 Å². The first-order valence-electron chi connectivity index (χ1n) is 8.41. The molecular weight excluding hydrogens is 391 g/mol. The molecule has 6 nitrogen and oxygen atoms in total. The van der Waals surface area contributed by atoms with E-state index in [1.165, 1.54) is 30.9 Å². The summed E-state index contributed by atoms with van der Waals surface area (Å²) in [6.45, 7) is 2.65. The van der Waals surface area contributed by atoms with Crippen molar-refractivity contribution in [2.24, 2.45) is 5.92 Å². The van der Waals surface area contributed by atoms with Crippen molar-refractivity contribution in [1.29, 1.82) is 0 Å². The van der Waals surface area contributed by atoms with E-state index >= 15 is 0 Å². The number of nitrogen functional groups attached to an aromatic ring is 1. The van der Waals surface area contributed by atoms with Crippen LogP contribution in [-0.2, 0) is 6.54 Å². The lowest BCUT2D eigenvalue weighted by atomic mass is 10.4. The van der Waals surface area contributed by atoms with Crippen molar-refractivity contribution < 1.29 is 0 Å². The first-order valence-corrected chi connectivity index (χ1v) is 9.99. The summed E-state index contributed by atoms with van der Waals surface area (Å²) in [7, 11) is 0. The molecule has 0 unspecified atom stereocenters. The zero-order chi connectivity index (χ0) is 18.1. The number of anilines is 1. The number of nitrogens with zero attached hydrogens (tertiary/aromatic N) is 4. The Bertz CT molecular complexity index is 920. The quantitative estimate of drug-likeness (QED) is 0.577. The van der Waals surface area contributed by atoms with Gasteiger partial charge in [-0.05, 0) is 43.5 Å². The van der Waals surface area contributed by atoms with Crippen molar-refractivity contribution in [3.8, 4) is 0 Å². The van der Waals surface area contributed by atoms with E-state index in [9.17, 15) is 0 Å². The highest BCUT2D eigenvalue weighted by Crippen LogP contribution is 2.34. The van der Waals surface area contributed by atoms with E-state index in [0.717, 1.165) is 41.3 Å². The average molecular weight is 409 g/mol. The van der Waals surface area contributed by atoms with E-state index in [-0.39, 0.29) is 0 Å². The number of hydrogen-bond donors (Lipinski definition) is 2. The second-order valence-electron chi connectivity index (χ2n) is 6.33. The highest BCUT2D eigenvalue weighted by Gasteiger charge is 2.20. The largest absolute Gasteiger partial charge is 0.382 e. The van der Waals surface area contributed by atoms with Crippen LogP contribution in [0.5, 0.6) is 0 Å². The molecule has 0 spiro atoms. The molecule has 1 saturated carbocycles. The third-order valence-electron chi connectivity index (χ3n) is 4.21. The van der Waals surface area contributed by atoms with E-state index in [2.05, 4.69) is 24.8 Å². The van der Waals surface area contributed by atoms with Gasteiger partial charge >= 0.3 is 0 Å². The molecule has 1 aliphatic carbocycles. The lowest BCUT2D eigenvalue weighted by Crippen LogP contribution is -2.22. The summed E-state index contributed by atoms with van der Waals surface area (Å²) in [6, 6.07) is 5.44. The van der Waals surface area contributed by atoms with Crippen LogP contribution in [-0.4, -0.2) is 32.6 Å². The Labute approximate surface area is 165 Å². The van der Waals surface area contributed by atoms with E-state index in [1.807, 2.05) is 12.1 Å². The minimum atomic E-state index is 0.380. The number of hydrogen-bond acceptors (Lipinski definition) is 6. The number of nitrogens with two attached hydrogens (primary N) is 1. The minimum absolute atomic E-state index is 0.380. The van der Waals surface area contributed by atoms with Crippen molar-refractivity contribution in [2.75, 3.05) is 18.8 Å². The minimum Gasteiger partial charge on any atom is -0.382 e. The molecule has 26 heavy (non-hydrogen) atoms. The Morgan fingerprint density at radius 3 is 2.69 bits per heavy atom. The lowest BCUT2D eigenvalue weighted by molar-refractivity contribution is 0.558. The zero-order valence-corrected chi connectivity index (χ0v) is 16.3. The van der Waals surface area contributed by atoms with E-state index < -0.39 is 0 Å². The van der Waals surface area contributed by atoms with Gasteiger partial charge in [0.05, 0.1) is 0 Å². The molecule has 0 radical (unpaired) electrons. The second-order valence-corrected chi connectivity index (χ2v) is 8.25. The van der Waals surface area contributed by atoms with E-state index in [4.69, 9.17) is 28.9 Å². The molecule has 0 bridgehead atoms. The van der Waals surface area contributed by atoms with Crippen LogP contribution in [0.1, 0.15) is 12.8 Å². The number of nitrogens with one attached hydrogen (secondary N) is 1. The molecule has 1 aliphatic rings. The van der Waals surface area contributed by atoms with Gasteiger partial charge in [-0.15, -0.1) is 0 Å². The summed E-state index contributed by atoms with van der Waals surface area (Å²) in [6.07, 6.45) is 4.14. The molecule has 9 heteroatoms. The smallest absolute Gasteiger partial charge is 0.175 e. The van der Waals surface area contributed by atoms with Crippen molar-refractivity contribution >= 4 is 51.9 Å². The monoisotopic (exact) mass is 408 g/mol. The Hall–Kier alpha value is -1.54. The normalized spacial score (nSPS) is 14.2. The Balaban J connectivity index is 1.62. The van der Waals surface area contributed by atoms with Gasteiger partial charge in [0.1, 0.15) is 6.33 Å². The predicted octanol–water partition coefficient (Wildman–Crippen LogP) is 3.87. The number of fused-ring (bicyclic) bond motifs is 1. The molecule has 1 fully saturated rings. The summed E-state index contributed by atoms with van der Waals surface area (Å²) in [4.78, 5) is 14.0. The fraction of sp³-hybridized carbons (Fsp3) is 0.353. The van der Waals surface area contributed by atoms with Gasteiger partial charge in [0, 0.05) is 28.0 Å². The standard InChI is InChI=1S/C17H18Cl2N6S/c18-11-5-12(19)7-13(6-11)26-17-24-14-15(20)22-9-23-16(14)25(17)4-3-21-8-10-1-2-10/h5-7,9-10,21H,1-4,8H2,(H2,20,22,23). The van der Waals surface area contributed by atoms with Crippen molar-refractivity contribution in [3.63, 3.8) is 0 Å². The Kier molecular flexibility index (Phi) is 5.22. The Morgan fingerprint density at radius 1 is 1.19 bits per heavy atom. The van der Waals surface area contributed by atoms with Gasteiger partial charge < -0.3 is 15.6 Å². The van der Waals surface area contributed by atoms with Gasteiger partial charge in [-0.1, -0.05) is 35.0 Å². The van der Waals surface area contributed by atoms with Crippen LogP contribution < -0.4 is 11.1 Å². The predicted molar refractivity (Wildman–Crippen MR) is 106 cm³/mol. The van der Waals surface area contributed by atoms with Gasteiger partial charge in [0.2, 0.25) is 0 Å². The molecular formula is C17H18Cl2N6S. The van der Waals surface area contributed by atoms with Crippen molar-refractivity contribution in [3.05, 3.63) is 34.6 Å². The van der Waals surface area contributed by atoms with Crippen LogP contribution in [0.25, 0.3) is 11.2 Å². The third kappa shape index (κ3) is 4.06. The second kappa shape index (κ2) is 7.60. The summed E-state index contributed by atoms with van der Waals surface area (Å²) >= 11 is 13.7. The fourth-order valence-electron chi connectivity index (χ4n) is 2.73. The van der Waals surface area contributed by atoms with Crippen molar-refractivity contribution in [2.45, 2.75) is 29.4 Å².